The molecule has 0 saturated heterocycles. The van der Waals surface area contributed by atoms with Gasteiger partial charge < -0.3 is 9.84 Å². The Hall–Kier alpha value is -2.53. The number of carbonyl (C=O) groups is 1. The Kier molecular flexibility index (Phi) is 5.60. The lowest BCUT2D eigenvalue weighted by atomic mass is 10.1. The summed E-state index contributed by atoms with van der Waals surface area (Å²) in [5, 5.41) is 14.1. The van der Waals surface area contributed by atoms with Crippen LogP contribution in [0.1, 0.15) is 16.7 Å². The molecule has 0 heterocycles. The third-order valence-corrected chi connectivity index (χ3v) is 3.32. The van der Waals surface area contributed by atoms with Crippen molar-refractivity contribution in [2.45, 2.75) is 13.8 Å². The van der Waals surface area contributed by atoms with Crippen molar-refractivity contribution in [2.75, 3.05) is 6.61 Å². The van der Waals surface area contributed by atoms with E-state index in [1.165, 1.54) is 6.21 Å². The summed E-state index contributed by atoms with van der Waals surface area (Å²) in [6, 6.07) is 10.4. The van der Waals surface area contributed by atoms with Crippen LogP contribution in [-0.4, -0.2) is 23.8 Å². The number of hydrogen-bond donors (Lipinski definition) is 2. The Morgan fingerprint density at radius 2 is 2.00 bits per heavy atom. The van der Waals surface area contributed by atoms with Gasteiger partial charge >= 0.3 is 0 Å². The van der Waals surface area contributed by atoms with Gasteiger partial charge in [0.25, 0.3) is 5.91 Å². The monoisotopic (exact) mass is 332 g/mol. The van der Waals surface area contributed by atoms with Gasteiger partial charge in [-0.05, 0) is 60.9 Å². The number of amides is 1. The van der Waals surface area contributed by atoms with Crippen LogP contribution in [0.3, 0.4) is 0 Å². The number of carbonyl (C=O) groups excluding carboxylic acids is 1. The Morgan fingerprint density at radius 3 is 2.65 bits per heavy atom. The summed E-state index contributed by atoms with van der Waals surface area (Å²) in [4.78, 5) is 11.7. The van der Waals surface area contributed by atoms with Crippen LogP contribution >= 0.6 is 11.6 Å². The first-order valence-corrected chi connectivity index (χ1v) is 7.34. The maximum atomic E-state index is 11.7. The van der Waals surface area contributed by atoms with Gasteiger partial charge in [0.15, 0.2) is 6.61 Å². The summed E-state index contributed by atoms with van der Waals surface area (Å²) >= 11 is 5.83. The molecule has 6 heteroatoms. The molecule has 5 nitrogen and oxygen atoms in total. The van der Waals surface area contributed by atoms with Crippen LogP contribution in [-0.2, 0) is 4.79 Å². The predicted octanol–water partition coefficient (Wildman–Crippen LogP) is 3.19. The first kappa shape index (κ1) is 16.8. The molecule has 0 unspecified atom stereocenters. The van der Waals surface area contributed by atoms with Gasteiger partial charge in [-0.3, -0.25) is 4.79 Å². The number of nitrogens with zero attached hydrogens (tertiary/aromatic N) is 1. The van der Waals surface area contributed by atoms with Crippen LogP contribution in [0.5, 0.6) is 11.5 Å². The van der Waals surface area contributed by atoms with Crippen LogP contribution < -0.4 is 10.2 Å². The van der Waals surface area contributed by atoms with E-state index in [4.69, 9.17) is 16.3 Å². The molecule has 0 aromatic heterocycles. The number of phenolic OH excluding ortho intramolecular Hbond substituents is 1. The summed E-state index contributed by atoms with van der Waals surface area (Å²) in [5.74, 6) is 0.399. The number of hydrazone groups is 1. The van der Waals surface area contributed by atoms with Gasteiger partial charge in [0, 0.05) is 5.02 Å². The molecule has 2 aromatic rings. The first-order chi connectivity index (χ1) is 11.0. The number of nitrogens with one attached hydrogen (secondary N) is 1. The zero-order valence-electron chi connectivity index (χ0n) is 12.8. The van der Waals surface area contributed by atoms with Gasteiger partial charge in [-0.2, -0.15) is 5.10 Å². The molecule has 1 amide bonds. The third-order valence-electron chi connectivity index (χ3n) is 3.08. The number of benzene rings is 2. The SMILES string of the molecule is Cc1cc(C=NNC(=O)COc2cccc(Cl)c2)cc(C)c1O. The lowest BCUT2D eigenvalue weighted by Gasteiger charge is -2.06. The van der Waals surface area contributed by atoms with Crippen LogP contribution in [0.4, 0.5) is 0 Å². The van der Waals surface area contributed by atoms with Gasteiger partial charge in [-0.1, -0.05) is 17.7 Å². The van der Waals surface area contributed by atoms with Gasteiger partial charge in [0.1, 0.15) is 11.5 Å². The summed E-state index contributed by atoms with van der Waals surface area (Å²) in [5.41, 5.74) is 4.67. The van der Waals surface area contributed by atoms with E-state index >= 15 is 0 Å². The fraction of sp³-hybridized carbons (Fsp3) is 0.176. The maximum Gasteiger partial charge on any atom is 0.277 e. The molecule has 2 aromatic carbocycles. The van der Waals surface area contributed by atoms with Gasteiger partial charge in [-0.15, -0.1) is 0 Å². The Bertz CT molecular complexity index is 721. The molecule has 0 radical (unpaired) electrons. The number of rotatable bonds is 5. The van der Waals surface area contributed by atoms with Crippen molar-refractivity contribution in [2.24, 2.45) is 5.10 Å². The predicted molar refractivity (Wildman–Crippen MR) is 90.3 cm³/mol. The number of ether oxygens (including phenoxy) is 1. The molecule has 0 bridgehead atoms. The Morgan fingerprint density at radius 1 is 1.30 bits per heavy atom. The van der Waals surface area contributed by atoms with E-state index in [1.807, 2.05) is 0 Å². The normalized spacial score (nSPS) is 10.7. The lowest BCUT2D eigenvalue weighted by Crippen LogP contribution is -2.24. The highest BCUT2D eigenvalue weighted by Gasteiger charge is 2.03. The van der Waals surface area contributed by atoms with E-state index in [0.717, 1.165) is 16.7 Å². The summed E-state index contributed by atoms with van der Waals surface area (Å²) < 4.78 is 5.30. The first-order valence-electron chi connectivity index (χ1n) is 6.96. The molecule has 0 fully saturated rings. The molecule has 0 saturated carbocycles. The molecule has 23 heavy (non-hydrogen) atoms. The average molecular weight is 333 g/mol. The summed E-state index contributed by atoms with van der Waals surface area (Å²) in [6.45, 7) is 3.44. The molecule has 2 rings (SSSR count). The molecule has 0 spiro atoms. The largest absolute Gasteiger partial charge is 0.507 e. The van der Waals surface area contributed by atoms with Crippen molar-refractivity contribution >= 4 is 23.7 Å². The highest BCUT2D eigenvalue weighted by molar-refractivity contribution is 6.30. The fourth-order valence-electron chi connectivity index (χ4n) is 1.98. The van der Waals surface area contributed by atoms with Gasteiger partial charge in [0.2, 0.25) is 0 Å². The second-order valence-corrected chi connectivity index (χ2v) is 5.48. The van der Waals surface area contributed by atoms with E-state index in [-0.39, 0.29) is 18.3 Å². The van der Waals surface area contributed by atoms with E-state index in [1.54, 1.807) is 50.2 Å². The summed E-state index contributed by atoms with van der Waals surface area (Å²) in [6.07, 6.45) is 1.51. The van der Waals surface area contributed by atoms with Crippen LogP contribution in [0.2, 0.25) is 5.02 Å². The van der Waals surface area contributed by atoms with Crippen molar-refractivity contribution in [3.8, 4) is 11.5 Å². The zero-order chi connectivity index (χ0) is 16.8. The molecular formula is C17H17ClN2O3. The van der Waals surface area contributed by atoms with E-state index in [0.29, 0.717) is 10.8 Å². The second kappa shape index (κ2) is 7.65. The number of phenols is 1. The Balaban J connectivity index is 1.86. The zero-order valence-corrected chi connectivity index (χ0v) is 13.6. The van der Waals surface area contributed by atoms with E-state index in [2.05, 4.69) is 10.5 Å². The number of hydrogen-bond acceptors (Lipinski definition) is 4. The Labute approximate surface area is 139 Å². The van der Waals surface area contributed by atoms with Crippen molar-refractivity contribution in [1.29, 1.82) is 0 Å². The number of aromatic hydroxyl groups is 1. The lowest BCUT2D eigenvalue weighted by molar-refractivity contribution is -0.123. The summed E-state index contributed by atoms with van der Waals surface area (Å²) in [7, 11) is 0. The fourth-order valence-corrected chi connectivity index (χ4v) is 2.16. The molecule has 0 aliphatic carbocycles. The number of halogens is 1. The van der Waals surface area contributed by atoms with E-state index < -0.39 is 0 Å². The molecule has 2 N–H and O–H groups in total. The van der Waals surface area contributed by atoms with Gasteiger partial charge in [-0.25, -0.2) is 5.43 Å². The highest BCUT2D eigenvalue weighted by Crippen LogP contribution is 2.22. The quantitative estimate of drug-likeness (QED) is 0.652. The molecule has 0 aliphatic rings. The highest BCUT2D eigenvalue weighted by atomic mass is 35.5. The minimum absolute atomic E-state index is 0.161. The van der Waals surface area contributed by atoms with Crippen LogP contribution in [0, 0.1) is 13.8 Å². The minimum Gasteiger partial charge on any atom is -0.507 e. The van der Waals surface area contributed by atoms with Crippen molar-refractivity contribution in [1.82, 2.24) is 5.43 Å². The van der Waals surface area contributed by atoms with Crippen LogP contribution in [0.25, 0.3) is 0 Å². The van der Waals surface area contributed by atoms with Gasteiger partial charge in [0.05, 0.1) is 6.21 Å². The smallest absolute Gasteiger partial charge is 0.277 e. The molecular weight excluding hydrogens is 316 g/mol. The molecule has 0 aliphatic heterocycles. The maximum absolute atomic E-state index is 11.7. The average Bonchev–Trinajstić information content (AvgIpc) is 2.50. The second-order valence-electron chi connectivity index (χ2n) is 5.04. The minimum atomic E-state index is -0.381. The third kappa shape index (κ3) is 5.00. The van der Waals surface area contributed by atoms with E-state index in [9.17, 15) is 9.90 Å². The molecule has 120 valence electrons. The van der Waals surface area contributed by atoms with Crippen LogP contribution in [0.15, 0.2) is 41.5 Å². The number of aryl methyl sites for hydroxylation is 2. The van der Waals surface area contributed by atoms with Crippen molar-refractivity contribution in [3.05, 3.63) is 58.1 Å². The topological polar surface area (TPSA) is 70.9 Å². The molecule has 0 atom stereocenters. The van der Waals surface area contributed by atoms with Crippen molar-refractivity contribution in [3.63, 3.8) is 0 Å². The standard InChI is InChI=1S/C17H17ClN2O3/c1-11-6-13(7-12(2)17(11)22)9-19-20-16(21)10-23-15-5-3-4-14(18)8-15/h3-9,22H,10H2,1-2H3,(H,20,21). The van der Waals surface area contributed by atoms with Crippen molar-refractivity contribution < 1.29 is 14.6 Å².